The lowest BCUT2D eigenvalue weighted by molar-refractivity contribution is 0.414. The van der Waals surface area contributed by atoms with E-state index in [1.165, 1.54) is 18.9 Å². The molecule has 2 aromatic rings. The van der Waals surface area contributed by atoms with Gasteiger partial charge < -0.3 is 10.1 Å². The molecule has 0 radical (unpaired) electrons. The summed E-state index contributed by atoms with van der Waals surface area (Å²) in [6.07, 6.45) is 2.43. The maximum Gasteiger partial charge on any atom is 0.132 e. The van der Waals surface area contributed by atoms with Gasteiger partial charge >= 0.3 is 0 Å². The van der Waals surface area contributed by atoms with Gasteiger partial charge in [-0.2, -0.15) is 0 Å². The van der Waals surface area contributed by atoms with E-state index < -0.39 is 0 Å². The van der Waals surface area contributed by atoms with Crippen LogP contribution in [0.15, 0.2) is 36.4 Å². The Morgan fingerprint density at radius 2 is 1.95 bits per heavy atom. The van der Waals surface area contributed by atoms with Crippen molar-refractivity contribution in [3.8, 4) is 16.9 Å². The minimum absolute atomic E-state index is 0.305. The van der Waals surface area contributed by atoms with E-state index in [1.807, 2.05) is 18.2 Å². The highest BCUT2D eigenvalue weighted by atomic mass is 35.5. The van der Waals surface area contributed by atoms with Crippen LogP contribution < -0.4 is 10.1 Å². The van der Waals surface area contributed by atoms with Crippen LogP contribution in [0.25, 0.3) is 11.1 Å². The summed E-state index contributed by atoms with van der Waals surface area (Å²) in [6, 6.07) is 11.1. The molecule has 1 fully saturated rings. The summed E-state index contributed by atoms with van der Waals surface area (Å²) in [5.74, 6) is 0.473. The van der Waals surface area contributed by atoms with Gasteiger partial charge in [0.1, 0.15) is 11.6 Å². The Morgan fingerprint density at radius 3 is 2.62 bits per heavy atom. The van der Waals surface area contributed by atoms with Crippen molar-refractivity contribution < 1.29 is 9.13 Å². The van der Waals surface area contributed by atoms with Crippen molar-refractivity contribution in [3.63, 3.8) is 0 Å². The summed E-state index contributed by atoms with van der Waals surface area (Å²) in [5, 5.41) is 3.87. The van der Waals surface area contributed by atoms with Gasteiger partial charge in [0.25, 0.3) is 0 Å². The maximum atomic E-state index is 14.2. The van der Waals surface area contributed by atoms with E-state index >= 15 is 0 Å². The highest BCUT2D eigenvalue weighted by Gasteiger charge is 2.21. The molecule has 0 unspecified atom stereocenters. The monoisotopic (exact) mass is 305 g/mol. The van der Waals surface area contributed by atoms with E-state index in [4.69, 9.17) is 16.3 Å². The first-order valence-electron chi connectivity index (χ1n) is 7.03. The van der Waals surface area contributed by atoms with E-state index in [0.29, 0.717) is 23.2 Å². The zero-order valence-electron chi connectivity index (χ0n) is 11.8. The molecule has 2 aromatic carbocycles. The van der Waals surface area contributed by atoms with Crippen LogP contribution in [0.3, 0.4) is 0 Å². The molecule has 0 heterocycles. The summed E-state index contributed by atoms with van der Waals surface area (Å²) in [7, 11) is 1.63. The lowest BCUT2D eigenvalue weighted by Gasteiger charge is -2.13. The average molecular weight is 306 g/mol. The van der Waals surface area contributed by atoms with Crippen LogP contribution in [0.4, 0.5) is 4.39 Å². The number of rotatable bonds is 5. The fourth-order valence-electron chi connectivity index (χ4n) is 2.36. The van der Waals surface area contributed by atoms with Gasteiger partial charge in [0, 0.05) is 23.2 Å². The van der Waals surface area contributed by atoms with Crippen LogP contribution in [-0.4, -0.2) is 13.2 Å². The van der Waals surface area contributed by atoms with Crippen LogP contribution >= 0.6 is 11.6 Å². The molecule has 1 aliphatic carbocycles. The first-order valence-corrected chi connectivity index (χ1v) is 7.41. The number of methoxy groups -OCH3 is 1. The number of halogens is 2. The standard InChI is InChI=1S/C17H17ClFNO/c1-21-14-5-7-15(11(8-14)10-20-13-3-4-13)16-6-2-12(18)9-17(16)19/h2,5-9,13,20H,3-4,10H2,1H3. The molecular weight excluding hydrogens is 289 g/mol. The van der Waals surface area contributed by atoms with Gasteiger partial charge in [-0.3, -0.25) is 0 Å². The van der Waals surface area contributed by atoms with Crippen molar-refractivity contribution in [2.24, 2.45) is 0 Å². The quantitative estimate of drug-likeness (QED) is 0.883. The fourth-order valence-corrected chi connectivity index (χ4v) is 2.51. The van der Waals surface area contributed by atoms with Gasteiger partial charge in [-0.05, 0) is 54.3 Å². The Balaban J connectivity index is 1.98. The molecule has 4 heteroatoms. The van der Waals surface area contributed by atoms with Crippen molar-refractivity contribution in [1.29, 1.82) is 0 Å². The predicted octanol–water partition coefficient (Wildman–Crippen LogP) is 4.41. The molecule has 0 aliphatic heterocycles. The lowest BCUT2D eigenvalue weighted by Crippen LogP contribution is -2.16. The van der Waals surface area contributed by atoms with Gasteiger partial charge in [0.05, 0.1) is 7.11 Å². The van der Waals surface area contributed by atoms with Crippen LogP contribution in [0.1, 0.15) is 18.4 Å². The second-order valence-electron chi connectivity index (χ2n) is 5.30. The van der Waals surface area contributed by atoms with Crippen LogP contribution in [-0.2, 0) is 6.54 Å². The number of hydrogen-bond acceptors (Lipinski definition) is 2. The number of ether oxygens (including phenoxy) is 1. The number of hydrogen-bond donors (Lipinski definition) is 1. The molecule has 3 rings (SSSR count). The molecule has 0 amide bonds. The summed E-state index contributed by atoms with van der Waals surface area (Å²) in [6.45, 7) is 0.708. The number of nitrogens with one attached hydrogen (secondary N) is 1. The minimum Gasteiger partial charge on any atom is -0.497 e. The first kappa shape index (κ1) is 14.4. The van der Waals surface area contributed by atoms with E-state index in [9.17, 15) is 4.39 Å². The SMILES string of the molecule is COc1ccc(-c2ccc(Cl)cc2F)c(CNC2CC2)c1. The lowest BCUT2D eigenvalue weighted by atomic mass is 9.98. The molecule has 1 saturated carbocycles. The Kier molecular flexibility index (Phi) is 4.13. The molecule has 0 saturated heterocycles. The third-order valence-electron chi connectivity index (χ3n) is 3.69. The summed E-state index contributed by atoms with van der Waals surface area (Å²) in [4.78, 5) is 0. The highest BCUT2D eigenvalue weighted by Crippen LogP contribution is 2.31. The van der Waals surface area contributed by atoms with Crippen molar-refractivity contribution >= 4 is 11.6 Å². The molecule has 1 N–H and O–H groups in total. The van der Waals surface area contributed by atoms with Crippen molar-refractivity contribution in [2.45, 2.75) is 25.4 Å². The second kappa shape index (κ2) is 6.04. The summed E-state index contributed by atoms with van der Waals surface area (Å²) in [5.41, 5.74) is 2.47. The summed E-state index contributed by atoms with van der Waals surface area (Å²) >= 11 is 5.83. The Bertz CT molecular complexity index is 655. The third kappa shape index (κ3) is 3.36. The van der Waals surface area contributed by atoms with Gasteiger partial charge in [-0.15, -0.1) is 0 Å². The molecule has 2 nitrogen and oxygen atoms in total. The zero-order valence-corrected chi connectivity index (χ0v) is 12.6. The fraction of sp³-hybridized carbons (Fsp3) is 0.294. The highest BCUT2D eigenvalue weighted by molar-refractivity contribution is 6.30. The average Bonchev–Trinajstić information content (AvgIpc) is 3.29. The van der Waals surface area contributed by atoms with E-state index in [0.717, 1.165) is 16.9 Å². The third-order valence-corrected chi connectivity index (χ3v) is 3.93. The summed E-state index contributed by atoms with van der Waals surface area (Å²) < 4.78 is 19.4. The molecule has 0 atom stereocenters. The van der Waals surface area contributed by atoms with Gasteiger partial charge in [-0.25, -0.2) is 4.39 Å². The maximum absolute atomic E-state index is 14.2. The molecular formula is C17H17ClFNO. The second-order valence-corrected chi connectivity index (χ2v) is 5.74. The van der Waals surface area contributed by atoms with Crippen molar-refractivity contribution in [2.75, 3.05) is 7.11 Å². The Morgan fingerprint density at radius 1 is 1.19 bits per heavy atom. The molecule has 0 aromatic heterocycles. The van der Waals surface area contributed by atoms with Crippen LogP contribution in [0, 0.1) is 5.82 Å². The van der Waals surface area contributed by atoms with Crippen LogP contribution in [0.2, 0.25) is 5.02 Å². The largest absolute Gasteiger partial charge is 0.497 e. The predicted molar refractivity (Wildman–Crippen MR) is 83.3 cm³/mol. The first-order chi connectivity index (χ1) is 10.2. The van der Waals surface area contributed by atoms with Crippen molar-refractivity contribution in [3.05, 3.63) is 52.8 Å². The van der Waals surface area contributed by atoms with Gasteiger partial charge in [0.15, 0.2) is 0 Å². The topological polar surface area (TPSA) is 21.3 Å². The number of benzene rings is 2. The molecule has 0 bridgehead atoms. The van der Waals surface area contributed by atoms with Crippen molar-refractivity contribution in [1.82, 2.24) is 5.32 Å². The molecule has 21 heavy (non-hydrogen) atoms. The smallest absolute Gasteiger partial charge is 0.132 e. The van der Waals surface area contributed by atoms with Gasteiger partial charge in [-0.1, -0.05) is 17.7 Å². The zero-order chi connectivity index (χ0) is 14.8. The van der Waals surface area contributed by atoms with E-state index in [-0.39, 0.29) is 5.82 Å². The van der Waals surface area contributed by atoms with E-state index in [1.54, 1.807) is 19.2 Å². The molecule has 110 valence electrons. The van der Waals surface area contributed by atoms with Crippen LogP contribution in [0.5, 0.6) is 5.75 Å². The van der Waals surface area contributed by atoms with Gasteiger partial charge in [0.2, 0.25) is 0 Å². The Labute approximate surface area is 128 Å². The Hall–Kier alpha value is -1.58. The molecule has 1 aliphatic rings. The van der Waals surface area contributed by atoms with E-state index in [2.05, 4.69) is 5.32 Å². The normalized spacial score (nSPS) is 14.2. The molecule has 0 spiro atoms. The minimum atomic E-state index is -0.305.